The van der Waals surface area contributed by atoms with E-state index in [2.05, 4.69) is 5.32 Å². The molecule has 1 atom stereocenters. The van der Waals surface area contributed by atoms with Crippen LogP contribution in [0.3, 0.4) is 0 Å². The van der Waals surface area contributed by atoms with Crippen LogP contribution >= 0.6 is 0 Å². The summed E-state index contributed by atoms with van der Waals surface area (Å²) in [5.74, 6) is -0.564. The Labute approximate surface area is 141 Å². The normalized spacial score (nSPS) is 12.0. The van der Waals surface area contributed by atoms with Gasteiger partial charge in [0.05, 0.1) is 11.5 Å². The molecule has 1 unspecified atom stereocenters. The molecule has 5 heteroatoms. The second-order valence-corrected chi connectivity index (χ2v) is 5.89. The molecule has 0 radical (unpaired) electrons. The number of furan rings is 1. The molecule has 1 aromatic carbocycles. The van der Waals surface area contributed by atoms with Crippen molar-refractivity contribution in [2.75, 3.05) is 6.54 Å². The summed E-state index contributed by atoms with van der Waals surface area (Å²) in [6, 6.07) is 9.42. The lowest BCUT2D eigenvalue weighted by Crippen LogP contribution is -2.33. The minimum Gasteiger partial charge on any atom is -0.481 e. The van der Waals surface area contributed by atoms with E-state index in [-0.39, 0.29) is 12.5 Å². The largest absolute Gasteiger partial charge is 0.481 e. The Morgan fingerprint density at radius 2 is 1.88 bits per heavy atom. The zero-order chi connectivity index (χ0) is 17.7. The third-order valence-corrected chi connectivity index (χ3v) is 4.14. The first-order valence-electron chi connectivity index (χ1n) is 8.12. The number of carboxylic acids is 1. The van der Waals surface area contributed by atoms with Gasteiger partial charge in [-0.2, -0.15) is 0 Å². The average molecular weight is 329 g/mol. The van der Waals surface area contributed by atoms with E-state index in [1.54, 1.807) is 0 Å². The van der Waals surface area contributed by atoms with Gasteiger partial charge in [0.15, 0.2) is 0 Å². The van der Waals surface area contributed by atoms with Crippen molar-refractivity contribution >= 4 is 11.9 Å². The zero-order valence-corrected chi connectivity index (χ0v) is 14.3. The molecule has 0 aliphatic heterocycles. The van der Waals surface area contributed by atoms with Crippen LogP contribution in [0.5, 0.6) is 0 Å². The average Bonchev–Trinajstić information content (AvgIpc) is 2.87. The summed E-state index contributed by atoms with van der Waals surface area (Å²) < 4.78 is 5.78. The van der Waals surface area contributed by atoms with Gasteiger partial charge >= 0.3 is 5.97 Å². The number of aliphatic carboxylic acids is 1. The summed E-state index contributed by atoms with van der Waals surface area (Å²) in [5.41, 5.74) is 2.07. The van der Waals surface area contributed by atoms with Crippen LogP contribution in [0.2, 0.25) is 0 Å². The van der Waals surface area contributed by atoms with Crippen LogP contribution in [0.4, 0.5) is 0 Å². The third-order valence-electron chi connectivity index (χ3n) is 4.14. The van der Waals surface area contributed by atoms with Gasteiger partial charge in [0.1, 0.15) is 11.5 Å². The van der Waals surface area contributed by atoms with Gasteiger partial charge in [-0.05, 0) is 20.3 Å². The van der Waals surface area contributed by atoms with Crippen LogP contribution in [-0.4, -0.2) is 23.5 Å². The standard InChI is InChI=1S/C19H23NO4/c1-4-8-15(19(22)23)11-20-18(21)16-12(2)13(3)24-17(16)14-9-6-5-7-10-14/h5-7,9-10,15H,4,8,11H2,1-3H3,(H,20,21)(H,22,23). The van der Waals surface area contributed by atoms with E-state index < -0.39 is 11.9 Å². The Kier molecular flexibility index (Phi) is 5.79. The molecule has 1 aromatic heterocycles. The molecule has 5 nitrogen and oxygen atoms in total. The Bertz CT molecular complexity index is 718. The molecule has 128 valence electrons. The van der Waals surface area contributed by atoms with E-state index in [0.29, 0.717) is 23.5 Å². The Balaban J connectivity index is 2.25. The zero-order valence-electron chi connectivity index (χ0n) is 14.3. The maximum Gasteiger partial charge on any atom is 0.308 e. The summed E-state index contributed by atoms with van der Waals surface area (Å²) >= 11 is 0. The van der Waals surface area contributed by atoms with E-state index in [9.17, 15) is 14.7 Å². The number of carboxylic acid groups (broad SMARTS) is 1. The second kappa shape index (κ2) is 7.81. The van der Waals surface area contributed by atoms with Crippen molar-refractivity contribution in [3.8, 4) is 11.3 Å². The molecular formula is C19H23NO4. The number of carbonyl (C=O) groups excluding carboxylic acids is 1. The molecule has 1 heterocycles. The highest BCUT2D eigenvalue weighted by molar-refractivity contribution is 6.01. The van der Waals surface area contributed by atoms with Crippen molar-refractivity contribution < 1.29 is 19.1 Å². The molecule has 24 heavy (non-hydrogen) atoms. The van der Waals surface area contributed by atoms with Gasteiger partial charge < -0.3 is 14.8 Å². The van der Waals surface area contributed by atoms with Gasteiger partial charge in [0.2, 0.25) is 0 Å². The summed E-state index contributed by atoms with van der Waals surface area (Å²) in [6.07, 6.45) is 1.29. The number of aryl methyl sites for hydroxylation is 1. The van der Waals surface area contributed by atoms with Crippen LogP contribution in [0.15, 0.2) is 34.7 Å². The first-order valence-corrected chi connectivity index (χ1v) is 8.12. The molecule has 0 saturated heterocycles. The highest BCUT2D eigenvalue weighted by Crippen LogP contribution is 2.30. The number of hydrogen-bond donors (Lipinski definition) is 2. The molecule has 2 aromatic rings. The van der Waals surface area contributed by atoms with Crippen LogP contribution in [0.1, 0.15) is 41.4 Å². The number of rotatable bonds is 7. The van der Waals surface area contributed by atoms with Gasteiger partial charge in [0.25, 0.3) is 5.91 Å². The minimum absolute atomic E-state index is 0.111. The first kappa shape index (κ1) is 17.8. The maximum absolute atomic E-state index is 12.6. The lowest BCUT2D eigenvalue weighted by atomic mass is 10.0. The lowest BCUT2D eigenvalue weighted by Gasteiger charge is -2.12. The van der Waals surface area contributed by atoms with E-state index in [4.69, 9.17) is 4.42 Å². The molecule has 1 amide bonds. The Morgan fingerprint density at radius 3 is 2.46 bits per heavy atom. The smallest absolute Gasteiger partial charge is 0.308 e. The molecule has 0 saturated carbocycles. The van der Waals surface area contributed by atoms with Gasteiger partial charge in [-0.25, -0.2) is 0 Å². The summed E-state index contributed by atoms with van der Waals surface area (Å²) in [4.78, 5) is 23.9. The van der Waals surface area contributed by atoms with Gasteiger partial charge in [-0.15, -0.1) is 0 Å². The molecule has 0 spiro atoms. The number of carbonyl (C=O) groups is 2. The summed E-state index contributed by atoms with van der Waals surface area (Å²) in [5, 5.41) is 12.0. The van der Waals surface area contributed by atoms with Gasteiger partial charge in [-0.1, -0.05) is 43.7 Å². The van der Waals surface area contributed by atoms with Crippen molar-refractivity contribution in [1.29, 1.82) is 0 Å². The SMILES string of the molecule is CCCC(CNC(=O)c1c(-c2ccccc2)oc(C)c1C)C(=O)O. The maximum atomic E-state index is 12.6. The van der Waals surface area contributed by atoms with Crippen molar-refractivity contribution in [1.82, 2.24) is 5.32 Å². The van der Waals surface area contributed by atoms with Crippen molar-refractivity contribution in [2.24, 2.45) is 5.92 Å². The molecule has 0 aliphatic carbocycles. The van der Waals surface area contributed by atoms with Crippen molar-refractivity contribution in [3.05, 3.63) is 47.2 Å². The number of benzene rings is 1. The predicted octanol–water partition coefficient (Wildman–Crippen LogP) is 3.79. The molecular weight excluding hydrogens is 306 g/mol. The fourth-order valence-corrected chi connectivity index (χ4v) is 2.66. The van der Waals surface area contributed by atoms with Crippen LogP contribution in [-0.2, 0) is 4.79 Å². The fraction of sp³-hybridized carbons (Fsp3) is 0.368. The summed E-state index contributed by atoms with van der Waals surface area (Å²) in [6.45, 7) is 5.69. The van der Waals surface area contributed by atoms with Gasteiger partial charge in [-0.3, -0.25) is 9.59 Å². The second-order valence-electron chi connectivity index (χ2n) is 5.89. The Morgan fingerprint density at radius 1 is 1.21 bits per heavy atom. The first-order chi connectivity index (χ1) is 11.5. The number of hydrogen-bond acceptors (Lipinski definition) is 3. The van der Waals surface area contributed by atoms with Crippen molar-refractivity contribution in [3.63, 3.8) is 0 Å². The Hall–Kier alpha value is -2.56. The van der Waals surface area contributed by atoms with Crippen molar-refractivity contribution in [2.45, 2.75) is 33.6 Å². The quantitative estimate of drug-likeness (QED) is 0.810. The topological polar surface area (TPSA) is 79.5 Å². The highest BCUT2D eigenvalue weighted by Gasteiger charge is 2.24. The molecule has 0 aliphatic rings. The van der Waals surface area contributed by atoms with E-state index in [0.717, 1.165) is 17.5 Å². The van der Waals surface area contributed by atoms with Gasteiger partial charge in [0, 0.05) is 17.7 Å². The van der Waals surface area contributed by atoms with Crippen LogP contribution in [0, 0.1) is 19.8 Å². The fourth-order valence-electron chi connectivity index (χ4n) is 2.66. The van der Waals surface area contributed by atoms with E-state index in [1.165, 1.54) is 0 Å². The third kappa shape index (κ3) is 3.85. The van der Waals surface area contributed by atoms with E-state index in [1.807, 2.05) is 51.1 Å². The summed E-state index contributed by atoms with van der Waals surface area (Å²) in [7, 11) is 0. The highest BCUT2D eigenvalue weighted by atomic mass is 16.4. The molecule has 2 N–H and O–H groups in total. The van der Waals surface area contributed by atoms with Crippen LogP contribution in [0.25, 0.3) is 11.3 Å². The molecule has 0 fully saturated rings. The number of nitrogens with one attached hydrogen (secondary N) is 1. The van der Waals surface area contributed by atoms with E-state index >= 15 is 0 Å². The molecule has 0 bridgehead atoms. The monoisotopic (exact) mass is 329 g/mol. The minimum atomic E-state index is -0.888. The van der Waals surface area contributed by atoms with Crippen LogP contribution < -0.4 is 5.32 Å². The predicted molar refractivity (Wildman–Crippen MR) is 92.0 cm³/mol. The number of amides is 1. The molecule has 2 rings (SSSR count). The lowest BCUT2D eigenvalue weighted by molar-refractivity contribution is -0.141.